The lowest BCUT2D eigenvalue weighted by molar-refractivity contribution is 0.669. The molecule has 0 aliphatic heterocycles. The predicted molar refractivity (Wildman–Crippen MR) is 258 cm³/mol. The van der Waals surface area contributed by atoms with Gasteiger partial charge in [-0.1, -0.05) is 170 Å². The van der Waals surface area contributed by atoms with Crippen molar-refractivity contribution in [2.75, 3.05) is 0 Å². The largest absolute Gasteiger partial charge is 0.456 e. The summed E-state index contributed by atoms with van der Waals surface area (Å²) in [6, 6.07) is 71.9. The van der Waals surface area contributed by atoms with E-state index in [4.69, 9.17) is 19.4 Å². The topological polar surface area (TPSA) is 51.8 Å². The van der Waals surface area contributed by atoms with Crippen LogP contribution in [0.2, 0.25) is 0 Å². The molecule has 0 saturated heterocycles. The molecule has 2 aliphatic rings. The molecule has 9 aromatic carbocycles. The van der Waals surface area contributed by atoms with E-state index in [0.717, 1.165) is 48.9 Å². The molecule has 1 spiro atoms. The molecule has 12 aromatic rings. The van der Waals surface area contributed by atoms with Crippen molar-refractivity contribution in [3.05, 3.63) is 222 Å². The first-order valence-electron chi connectivity index (χ1n) is 21.3. The van der Waals surface area contributed by atoms with Crippen molar-refractivity contribution < 1.29 is 4.42 Å². The molecule has 4 nitrogen and oxygen atoms in total. The van der Waals surface area contributed by atoms with Gasteiger partial charge in [-0.25, -0.2) is 15.0 Å². The lowest BCUT2D eigenvalue weighted by Crippen LogP contribution is -2.26. The summed E-state index contributed by atoms with van der Waals surface area (Å²) in [4.78, 5) is 15.8. The molecule has 0 saturated carbocycles. The van der Waals surface area contributed by atoms with Crippen LogP contribution in [0.1, 0.15) is 22.3 Å². The Bertz CT molecular complexity index is 3820. The van der Waals surface area contributed by atoms with E-state index in [1.165, 1.54) is 65.5 Å². The Hall–Kier alpha value is -7.99. The summed E-state index contributed by atoms with van der Waals surface area (Å²) in [5.74, 6) is 1.87. The number of furan rings is 1. The number of hydrogen-bond donors (Lipinski definition) is 0. The molecule has 63 heavy (non-hydrogen) atoms. The first-order chi connectivity index (χ1) is 31.2. The fourth-order valence-electron chi connectivity index (χ4n) is 10.8. The summed E-state index contributed by atoms with van der Waals surface area (Å²) in [5, 5.41) is 4.44. The molecular formula is C58H33N3OS. The highest BCUT2D eigenvalue weighted by atomic mass is 32.1. The van der Waals surface area contributed by atoms with Crippen LogP contribution in [0, 0.1) is 0 Å². The van der Waals surface area contributed by atoms with Crippen LogP contribution in [0.3, 0.4) is 0 Å². The van der Waals surface area contributed by atoms with Crippen LogP contribution in [0.5, 0.6) is 0 Å². The molecule has 0 N–H and O–H groups in total. The molecule has 14 rings (SSSR count). The molecule has 0 unspecified atom stereocenters. The normalized spacial score (nSPS) is 13.2. The Kier molecular flexibility index (Phi) is 7.16. The molecule has 3 aromatic heterocycles. The van der Waals surface area contributed by atoms with Gasteiger partial charge in [0.1, 0.15) is 11.2 Å². The molecule has 0 radical (unpaired) electrons. The number of hydrogen-bond acceptors (Lipinski definition) is 5. The lowest BCUT2D eigenvalue weighted by atomic mass is 9.68. The Morgan fingerprint density at radius 1 is 0.365 bits per heavy atom. The average Bonchev–Trinajstić information content (AvgIpc) is 4.09. The maximum absolute atomic E-state index is 6.69. The molecular weight excluding hydrogens is 787 g/mol. The lowest BCUT2D eigenvalue weighted by Gasteiger charge is -2.32. The van der Waals surface area contributed by atoms with Crippen LogP contribution < -0.4 is 0 Å². The molecule has 0 atom stereocenters. The number of rotatable bonds is 4. The van der Waals surface area contributed by atoms with Gasteiger partial charge >= 0.3 is 0 Å². The molecule has 3 heterocycles. The Labute approximate surface area is 366 Å². The third-order valence-corrected chi connectivity index (χ3v) is 14.6. The Morgan fingerprint density at radius 2 is 0.921 bits per heavy atom. The second-order valence-corrected chi connectivity index (χ2v) is 17.6. The number of thiophene rings is 1. The van der Waals surface area contributed by atoms with Gasteiger partial charge in [-0.15, -0.1) is 11.3 Å². The van der Waals surface area contributed by atoms with Gasteiger partial charge < -0.3 is 4.42 Å². The summed E-state index contributed by atoms with van der Waals surface area (Å²) in [6.45, 7) is 0. The zero-order valence-corrected chi connectivity index (χ0v) is 34.5. The second kappa shape index (κ2) is 13.0. The molecule has 292 valence electrons. The fraction of sp³-hybridized carbons (Fsp3) is 0.0172. The van der Waals surface area contributed by atoms with Gasteiger partial charge in [0.05, 0.1) is 5.41 Å². The van der Waals surface area contributed by atoms with Crippen molar-refractivity contribution >= 4 is 53.4 Å². The average molecular weight is 820 g/mol. The van der Waals surface area contributed by atoms with Gasteiger partial charge in [-0.2, -0.15) is 0 Å². The summed E-state index contributed by atoms with van der Waals surface area (Å²) in [7, 11) is 0. The van der Waals surface area contributed by atoms with Crippen molar-refractivity contribution in [2.24, 2.45) is 0 Å². The highest BCUT2D eigenvalue weighted by Crippen LogP contribution is 2.64. The monoisotopic (exact) mass is 819 g/mol. The van der Waals surface area contributed by atoms with Crippen LogP contribution in [0.15, 0.2) is 205 Å². The second-order valence-electron chi connectivity index (χ2n) is 16.6. The van der Waals surface area contributed by atoms with Crippen molar-refractivity contribution in [1.29, 1.82) is 0 Å². The van der Waals surface area contributed by atoms with Gasteiger partial charge in [0.2, 0.25) is 0 Å². The van der Waals surface area contributed by atoms with Crippen LogP contribution in [0.25, 0.3) is 110 Å². The molecule has 2 aliphatic carbocycles. The van der Waals surface area contributed by atoms with E-state index in [1.54, 1.807) is 11.3 Å². The number of nitrogens with zero attached hydrogens (tertiary/aromatic N) is 3. The van der Waals surface area contributed by atoms with E-state index < -0.39 is 5.41 Å². The van der Waals surface area contributed by atoms with Gasteiger partial charge in [0, 0.05) is 47.6 Å². The maximum atomic E-state index is 6.69. The minimum Gasteiger partial charge on any atom is -0.456 e. The molecule has 0 fully saturated rings. The number of aromatic nitrogens is 3. The van der Waals surface area contributed by atoms with Crippen molar-refractivity contribution in [3.63, 3.8) is 0 Å². The van der Waals surface area contributed by atoms with E-state index in [1.807, 2.05) is 24.3 Å². The first kappa shape index (κ1) is 34.7. The molecule has 0 amide bonds. The zero-order valence-electron chi connectivity index (χ0n) is 33.7. The van der Waals surface area contributed by atoms with Crippen molar-refractivity contribution in [2.45, 2.75) is 5.41 Å². The van der Waals surface area contributed by atoms with Gasteiger partial charge in [-0.3, -0.25) is 0 Å². The van der Waals surface area contributed by atoms with Gasteiger partial charge in [0.25, 0.3) is 0 Å². The van der Waals surface area contributed by atoms with E-state index >= 15 is 0 Å². The Balaban J connectivity index is 1.01. The van der Waals surface area contributed by atoms with Gasteiger partial charge in [-0.05, 0) is 86.0 Å². The molecule has 5 heteroatoms. The standard InChI is InChI=1S/C58H33N3OS/c1-2-15-34(16-3-1)55-59-56(61-57(60-55)44-25-13-23-42-40-20-7-11-30-51(40)63-54(42)44)43-24-14-29-50-52(43)45-33-35(31-32-49(45)62-50)36-21-12-22-41-39-19-6-10-28-48(39)58(53(36)41)46-26-8-4-17-37(46)38-18-5-9-27-47(38)58/h1-33H. The SMILES string of the molecule is c1ccc(-c2nc(-c3cccc4c3sc3ccccc34)nc(-c3cccc4oc5ccc(-c6cccc7c6C6(c8ccccc8-c8ccccc86)c6ccccc6-7)cc5c34)n2)cc1. The first-order valence-corrected chi connectivity index (χ1v) is 22.2. The zero-order chi connectivity index (χ0) is 41.2. The minimum absolute atomic E-state index is 0.472. The smallest absolute Gasteiger partial charge is 0.165 e. The van der Waals surface area contributed by atoms with E-state index in [0.29, 0.717) is 17.5 Å². The maximum Gasteiger partial charge on any atom is 0.165 e. The van der Waals surface area contributed by atoms with Crippen LogP contribution >= 0.6 is 11.3 Å². The summed E-state index contributed by atoms with van der Waals surface area (Å²) in [6.07, 6.45) is 0. The predicted octanol–water partition coefficient (Wildman–Crippen LogP) is 15.2. The fourth-order valence-corrected chi connectivity index (χ4v) is 12.0. The number of fused-ring (bicyclic) bond motifs is 16. The van der Waals surface area contributed by atoms with E-state index in [-0.39, 0.29) is 0 Å². The van der Waals surface area contributed by atoms with Gasteiger partial charge in [0.15, 0.2) is 17.5 Å². The van der Waals surface area contributed by atoms with Crippen LogP contribution in [0.4, 0.5) is 0 Å². The third-order valence-electron chi connectivity index (χ3n) is 13.4. The van der Waals surface area contributed by atoms with Crippen molar-refractivity contribution in [1.82, 2.24) is 15.0 Å². The van der Waals surface area contributed by atoms with E-state index in [2.05, 4.69) is 176 Å². The minimum atomic E-state index is -0.472. The summed E-state index contributed by atoms with van der Waals surface area (Å²) < 4.78 is 9.09. The Morgan fingerprint density at radius 3 is 1.70 bits per heavy atom. The third kappa shape index (κ3) is 4.77. The van der Waals surface area contributed by atoms with E-state index in [9.17, 15) is 0 Å². The quantitative estimate of drug-likeness (QED) is 0.177. The van der Waals surface area contributed by atoms with Crippen molar-refractivity contribution in [3.8, 4) is 67.5 Å². The molecule has 0 bridgehead atoms. The summed E-state index contributed by atoms with van der Waals surface area (Å²) in [5.41, 5.74) is 16.7. The number of benzene rings is 9. The van der Waals surface area contributed by atoms with Crippen LogP contribution in [-0.2, 0) is 5.41 Å². The highest BCUT2D eigenvalue weighted by molar-refractivity contribution is 7.26. The summed E-state index contributed by atoms with van der Waals surface area (Å²) >= 11 is 1.78. The highest BCUT2D eigenvalue weighted by Gasteiger charge is 2.52. The van der Waals surface area contributed by atoms with Crippen LogP contribution in [-0.4, -0.2) is 15.0 Å².